The molecule has 10 aromatic carbocycles. The van der Waals surface area contributed by atoms with E-state index < -0.39 is 0 Å². The lowest BCUT2D eigenvalue weighted by atomic mass is 9.47. The topological polar surface area (TPSA) is 24.6 Å². The third-order valence-corrected chi connectivity index (χ3v) is 21.1. The van der Waals surface area contributed by atoms with Gasteiger partial charge in [0.25, 0.3) is 0 Å². The molecule has 0 fully saturated rings. The van der Waals surface area contributed by atoms with Crippen LogP contribution in [0.3, 0.4) is 0 Å². The molecule has 3 aliphatic rings. The van der Waals surface area contributed by atoms with Crippen LogP contribution < -0.4 is 20.0 Å². The summed E-state index contributed by atoms with van der Waals surface area (Å²) in [6, 6.07) is 75.5. The van der Waals surface area contributed by atoms with Crippen molar-refractivity contribution in [1.82, 2.24) is 4.57 Å². The van der Waals surface area contributed by atoms with Gasteiger partial charge in [0.05, 0.1) is 22.1 Å². The Kier molecular flexibility index (Phi) is 9.74. The van der Waals surface area contributed by atoms with Crippen LogP contribution in [0.5, 0.6) is 0 Å². The molecule has 1 aliphatic carbocycles. The quantitative estimate of drug-likeness (QED) is 0.161. The van der Waals surface area contributed by atoms with Gasteiger partial charge in [-0.25, -0.2) is 0 Å². The highest BCUT2D eigenvalue weighted by Gasteiger charge is 2.48. The summed E-state index contributed by atoms with van der Waals surface area (Å²) in [6.07, 6.45) is 2.28. The largest absolute Gasteiger partial charge is 0.455 e. The van der Waals surface area contributed by atoms with Crippen LogP contribution in [0.4, 0.5) is 28.4 Å². The third kappa shape index (κ3) is 6.71. The molecule has 0 atom stereocenters. The molecule has 2 aliphatic heterocycles. The second kappa shape index (κ2) is 16.6. The molecular weight excluding hydrogens is 1020 g/mol. The van der Waals surface area contributed by atoms with Crippen LogP contribution in [-0.2, 0) is 16.2 Å². The molecule has 4 nitrogen and oxygen atoms in total. The van der Waals surface area contributed by atoms with Gasteiger partial charge >= 0.3 is 6.85 Å². The molecule has 14 aromatic rings. The number of hydrogen-bond acceptors (Lipinski definition) is 5. The smallest absolute Gasteiger partial charge is 0.343 e. The van der Waals surface area contributed by atoms with E-state index >= 15 is 0 Å². The predicted octanol–water partition coefficient (Wildman–Crippen LogP) is 20.3. The van der Waals surface area contributed by atoms with Crippen molar-refractivity contribution in [2.24, 2.45) is 0 Å². The molecule has 390 valence electrons. The number of aromatic nitrogens is 1. The Morgan fingerprint density at radius 2 is 1.17 bits per heavy atom. The summed E-state index contributed by atoms with van der Waals surface area (Å²) in [4.78, 5) is 5.13. The number of nitrogens with zero attached hydrogens (tertiary/aromatic N) is 3. The fourth-order valence-corrected chi connectivity index (χ4v) is 16.9. The Morgan fingerprint density at radius 3 is 1.89 bits per heavy atom. The first-order chi connectivity index (χ1) is 39.3. The SMILES string of the molecule is CC(C)(C)c1ccc(N2B3c4sc5ccc(-c6ccccc6)cc5c4-n4c5cc6c(cc5c5c7oc8ccccc8c7c(c3c54)-c3cc4sc5ccc(N(c7ccccc7)c7ccccc7)cc5c4cc32)C(C)(C)CCC6(C)C)cc1. The van der Waals surface area contributed by atoms with E-state index in [0.29, 0.717) is 0 Å². The molecule has 0 spiro atoms. The van der Waals surface area contributed by atoms with Gasteiger partial charge in [-0.05, 0) is 165 Å². The van der Waals surface area contributed by atoms with E-state index in [0.717, 1.165) is 46.5 Å². The molecule has 17 rings (SSSR count). The lowest BCUT2D eigenvalue weighted by molar-refractivity contribution is 0.332. The minimum Gasteiger partial charge on any atom is -0.455 e. The van der Waals surface area contributed by atoms with E-state index in [1.165, 1.54) is 124 Å². The van der Waals surface area contributed by atoms with Crippen LogP contribution in [0, 0.1) is 0 Å². The highest BCUT2D eigenvalue weighted by atomic mass is 32.1. The molecule has 0 saturated carbocycles. The molecular formula is C74H58BN3OS2. The fourth-order valence-electron chi connectivity index (χ4n) is 14.5. The molecule has 0 saturated heterocycles. The van der Waals surface area contributed by atoms with Crippen LogP contribution in [0.25, 0.3) is 102 Å². The van der Waals surface area contributed by atoms with Gasteiger partial charge in [0.15, 0.2) is 0 Å². The van der Waals surface area contributed by atoms with Gasteiger partial charge in [0.1, 0.15) is 11.2 Å². The first-order valence-electron chi connectivity index (χ1n) is 28.7. The van der Waals surface area contributed by atoms with Crippen LogP contribution in [0.15, 0.2) is 205 Å². The van der Waals surface area contributed by atoms with Crippen molar-refractivity contribution < 1.29 is 4.42 Å². The Hall–Kier alpha value is -8.36. The summed E-state index contributed by atoms with van der Waals surface area (Å²) in [7, 11) is 0. The molecule has 0 amide bonds. The lowest BCUT2D eigenvalue weighted by Crippen LogP contribution is -2.59. The lowest BCUT2D eigenvalue weighted by Gasteiger charge is -2.42. The number of furan rings is 1. The predicted molar refractivity (Wildman–Crippen MR) is 349 cm³/mol. The summed E-state index contributed by atoms with van der Waals surface area (Å²) in [6.45, 7) is 16.7. The molecule has 0 unspecified atom stereocenters. The van der Waals surface area contributed by atoms with Crippen LogP contribution in [0.1, 0.15) is 78.0 Å². The zero-order valence-corrected chi connectivity index (χ0v) is 48.2. The van der Waals surface area contributed by atoms with Crippen molar-refractivity contribution in [3.05, 3.63) is 217 Å². The van der Waals surface area contributed by atoms with E-state index in [-0.39, 0.29) is 23.1 Å². The first-order valence-corrected chi connectivity index (χ1v) is 30.4. The van der Waals surface area contributed by atoms with Gasteiger partial charge in [-0.2, -0.15) is 0 Å². The molecule has 81 heavy (non-hydrogen) atoms. The minimum atomic E-state index is -0.176. The van der Waals surface area contributed by atoms with E-state index in [1.807, 2.05) is 22.7 Å². The summed E-state index contributed by atoms with van der Waals surface area (Å²) in [5.41, 5.74) is 22.1. The average Bonchev–Trinajstić information content (AvgIpc) is 2.08. The molecule has 0 radical (unpaired) electrons. The van der Waals surface area contributed by atoms with Crippen LogP contribution in [-0.4, -0.2) is 11.4 Å². The van der Waals surface area contributed by atoms with E-state index in [2.05, 4.69) is 263 Å². The van der Waals surface area contributed by atoms with Gasteiger partial charge in [-0.15, -0.1) is 22.7 Å². The zero-order valence-electron chi connectivity index (χ0n) is 46.6. The first kappa shape index (κ1) is 47.5. The van der Waals surface area contributed by atoms with E-state index in [4.69, 9.17) is 4.42 Å². The number of fused-ring (bicyclic) bond motifs is 19. The summed E-state index contributed by atoms with van der Waals surface area (Å²) >= 11 is 3.88. The third-order valence-electron chi connectivity index (χ3n) is 18.7. The number of benzene rings is 10. The summed E-state index contributed by atoms with van der Waals surface area (Å²) < 4.78 is 15.4. The van der Waals surface area contributed by atoms with Crippen molar-refractivity contribution in [3.8, 4) is 27.9 Å². The maximum atomic E-state index is 7.47. The van der Waals surface area contributed by atoms with E-state index in [9.17, 15) is 0 Å². The Bertz CT molecular complexity index is 4940. The molecule has 0 bridgehead atoms. The fraction of sp³-hybridized carbons (Fsp3) is 0.162. The second-order valence-electron chi connectivity index (χ2n) is 25.4. The molecule has 0 N–H and O–H groups in total. The Morgan fingerprint density at radius 1 is 0.531 bits per heavy atom. The maximum Gasteiger partial charge on any atom is 0.343 e. The average molecular weight is 1080 g/mol. The van der Waals surface area contributed by atoms with Gasteiger partial charge in [0, 0.05) is 85.2 Å². The molecule has 6 heterocycles. The second-order valence-corrected chi connectivity index (χ2v) is 27.6. The summed E-state index contributed by atoms with van der Waals surface area (Å²) in [5.74, 6) is 0. The van der Waals surface area contributed by atoms with Crippen molar-refractivity contribution in [3.63, 3.8) is 0 Å². The maximum absolute atomic E-state index is 7.47. The molecule has 4 aromatic heterocycles. The van der Waals surface area contributed by atoms with Gasteiger partial charge in [0.2, 0.25) is 0 Å². The van der Waals surface area contributed by atoms with Crippen LogP contribution >= 0.6 is 22.7 Å². The Labute approximate surface area is 480 Å². The van der Waals surface area contributed by atoms with Crippen molar-refractivity contribution in [1.29, 1.82) is 0 Å². The van der Waals surface area contributed by atoms with Gasteiger partial charge in [-0.3, -0.25) is 0 Å². The van der Waals surface area contributed by atoms with Crippen molar-refractivity contribution >= 4 is 142 Å². The number of rotatable bonds is 5. The van der Waals surface area contributed by atoms with Gasteiger partial charge < -0.3 is 18.7 Å². The van der Waals surface area contributed by atoms with Crippen molar-refractivity contribution in [2.75, 3.05) is 9.71 Å². The highest BCUT2D eigenvalue weighted by molar-refractivity contribution is 7.32. The number of hydrogen-bond donors (Lipinski definition) is 0. The number of anilines is 5. The minimum absolute atomic E-state index is 0.00777. The zero-order chi connectivity index (χ0) is 54.4. The van der Waals surface area contributed by atoms with E-state index in [1.54, 1.807) is 0 Å². The summed E-state index contributed by atoms with van der Waals surface area (Å²) in [5, 5.41) is 8.65. The standard InChI is InChI=1S/C74H58BN3OS2/c1-72(2,3)45-28-30-48(31-29-45)78-59-40-52-51-38-49(76(46-21-13-9-14-22-46)47-23-15-10-16-24-47)32-34-61(51)80-63(52)41-54(59)64-65-50-25-17-18-26-60(50)79-70(65)66-53-39-56-57(74(6,7)36-35-73(56,4)5)42-58(53)77-68-55-37-44(43-19-11-8-12-20-43)27-33-62(55)81-71(68)75(78)67(64)69(66)77/h8-34,37-42H,35-36H2,1-7H3. The van der Waals surface area contributed by atoms with Crippen molar-refractivity contribution in [2.45, 2.75) is 77.6 Å². The monoisotopic (exact) mass is 1080 g/mol. The Balaban J connectivity index is 1.05. The van der Waals surface area contributed by atoms with Crippen LogP contribution in [0.2, 0.25) is 0 Å². The normalized spacial score (nSPS) is 15.1. The highest BCUT2D eigenvalue weighted by Crippen LogP contribution is 2.56. The van der Waals surface area contributed by atoms with Gasteiger partial charge in [-0.1, -0.05) is 152 Å². The molecule has 7 heteroatoms. The number of para-hydroxylation sites is 3. The number of thiophene rings is 2.